The number of likely N-dealkylation sites (tertiary alicyclic amines) is 4. The van der Waals surface area contributed by atoms with Gasteiger partial charge in [0.15, 0.2) is 0 Å². The maximum absolute atomic E-state index is 13.8. The van der Waals surface area contributed by atoms with Crippen molar-refractivity contribution in [2.45, 2.75) is 99.8 Å². The minimum atomic E-state index is -1.27. The number of aliphatic carboxylic acids is 1. The van der Waals surface area contributed by atoms with Gasteiger partial charge in [0.2, 0.25) is 47.3 Å². The van der Waals surface area contributed by atoms with E-state index in [0.29, 0.717) is 25.8 Å². The van der Waals surface area contributed by atoms with Gasteiger partial charge in [0.05, 0.1) is 31.3 Å². The highest BCUT2D eigenvalue weighted by atomic mass is 32.1. The molecule has 8 amide bonds. The first kappa shape index (κ1) is 42.6. The summed E-state index contributed by atoms with van der Waals surface area (Å²) in [5.41, 5.74) is 0. The molecule has 5 rings (SSSR count). The molecule has 5 heterocycles. The normalized spacial score (nSPS) is 27.9. The number of hydrogen-bond acceptors (Lipinski definition) is 13. The van der Waals surface area contributed by atoms with Crippen LogP contribution in [-0.4, -0.2) is 195 Å². The summed E-state index contributed by atoms with van der Waals surface area (Å²) < 4.78 is 0. The van der Waals surface area contributed by atoms with Crippen molar-refractivity contribution in [2.75, 3.05) is 58.1 Å². The number of nitrogens with zero attached hydrogens (tertiary/aromatic N) is 4. The van der Waals surface area contributed by atoms with E-state index in [2.05, 4.69) is 39.2 Å². The lowest BCUT2D eigenvalue weighted by molar-refractivity contribution is -0.147. The third-order valence-electron chi connectivity index (χ3n) is 10.9. The molecule has 8 N–H and O–H groups in total. The Balaban J connectivity index is 1.12. The van der Waals surface area contributed by atoms with Crippen LogP contribution in [0.2, 0.25) is 0 Å². The molecule has 8 atom stereocenters. The number of carboxylic acids is 1. The van der Waals surface area contributed by atoms with E-state index in [0.717, 1.165) is 6.42 Å². The number of carbonyl (C=O) groups is 9. The number of thiol groups is 1. The van der Waals surface area contributed by atoms with Crippen LogP contribution in [0.1, 0.15) is 51.4 Å². The molecule has 0 unspecified atom stereocenters. The molecule has 0 radical (unpaired) electrons. The Kier molecular flexibility index (Phi) is 14.5. The van der Waals surface area contributed by atoms with Gasteiger partial charge in [-0.05, 0) is 45.1 Å². The van der Waals surface area contributed by atoms with Crippen molar-refractivity contribution in [3.05, 3.63) is 0 Å². The predicted octanol–water partition coefficient (Wildman–Crippen LogP) is -5.51. The fourth-order valence-electron chi connectivity index (χ4n) is 8.07. The fraction of sp³-hybridized carbons (Fsp3) is 0.735. The zero-order valence-electron chi connectivity index (χ0n) is 30.9. The van der Waals surface area contributed by atoms with Crippen molar-refractivity contribution in [1.29, 1.82) is 0 Å². The number of aliphatic hydroxyl groups excluding tert-OH is 2. The van der Waals surface area contributed by atoms with Crippen LogP contribution in [0.25, 0.3) is 0 Å². The summed E-state index contributed by atoms with van der Waals surface area (Å²) in [5, 5.41) is 42.3. The molecule has 5 saturated heterocycles. The SMILES string of the molecule is O=C(O)CNC(=O)[C@H](CS)NC(=O)[C@@H]1CCCN1C(=O)CNC(=O)[C@@H]1C[C@@H](O)CN1C(=O)[C@@H]1CCCN1C(=O)CNC(=O)[C@@H]1C[C@@H](O)CN1C(=O)[C@@H]1CCCN1. The third kappa shape index (κ3) is 10.1. The van der Waals surface area contributed by atoms with Crippen LogP contribution in [0.4, 0.5) is 0 Å². The zero-order valence-corrected chi connectivity index (χ0v) is 31.8. The largest absolute Gasteiger partial charge is 0.480 e. The van der Waals surface area contributed by atoms with Gasteiger partial charge in [-0.2, -0.15) is 12.6 Å². The molecule has 21 nitrogen and oxygen atoms in total. The molecule has 5 aliphatic rings. The van der Waals surface area contributed by atoms with Gasteiger partial charge in [-0.3, -0.25) is 43.2 Å². The molecule has 0 aliphatic carbocycles. The maximum Gasteiger partial charge on any atom is 0.322 e. The van der Waals surface area contributed by atoms with Crippen molar-refractivity contribution in [2.24, 2.45) is 0 Å². The highest BCUT2D eigenvalue weighted by molar-refractivity contribution is 7.80. The van der Waals surface area contributed by atoms with E-state index in [9.17, 15) is 53.4 Å². The summed E-state index contributed by atoms with van der Waals surface area (Å²) in [4.78, 5) is 121. The lowest BCUT2D eigenvalue weighted by atomic mass is 10.1. The highest BCUT2D eigenvalue weighted by Gasteiger charge is 2.46. The molecule has 22 heteroatoms. The standard InChI is InChI=1S/C34H51N9O12S/c44-18-10-24(42(15-18)33(54)20-4-1-7-35-20)30(51)37-13-27(47)41-9-3-6-23(41)34(55)43-16-19(45)11-25(43)31(52)36-12-26(46)40-8-2-5-22(40)32(53)39-21(17-56)29(50)38-14-28(48)49/h18-25,35,44-45,56H,1-17H2,(H,36,52)(H,37,51)(H,38,50)(H,39,53)(H,48,49)/t18-,19-,20+,21+,22+,23+,24+,25+/m1/s1. The molecule has 0 aromatic heterocycles. The second-order valence-corrected chi connectivity index (χ2v) is 15.1. The van der Waals surface area contributed by atoms with Gasteiger partial charge < -0.3 is 61.5 Å². The average molecular weight is 810 g/mol. The monoisotopic (exact) mass is 809 g/mol. The van der Waals surface area contributed by atoms with Crippen molar-refractivity contribution in [3.63, 3.8) is 0 Å². The number of nitrogens with one attached hydrogen (secondary N) is 5. The van der Waals surface area contributed by atoms with E-state index in [1.807, 2.05) is 0 Å². The summed E-state index contributed by atoms with van der Waals surface area (Å²) in [5.74, 6) is -6.14. The van der Waals surface area contributed by atoms with Crippen molar-refractivity contribution in [3.8, 4) is 0 Å². The molecule has 0 bridgehead atoms. The Hall–Kier alpha value is -4.54. The smallest absolute Gasteiger partial charge is 0.322 e. The summed E-state index contributed by atoms with van der Waals surface area (Å²) in [6, 6.07) is -5.64. The van der Waals surface area contributed by atoms with E-state index < -0.39 is 115 Å². The summed E-state index contributed by atoms with van der Waals surface area (Å²) in [6.45, 7) is -0.749. The Bertz CT molecular complexity index is 1560. The van der Waals surface area contributed by atoms with Gasteiger partial charge in [0.25, 0.3) is 0 Å². The molecule has 0 aromatic carbocycles. The number of carboxylic acid groups (broad SMARTS) is 1. The molecule has 0 aromatic rings. The molecule has 0 spiro atoms. The van der Waals surface area contributed by atoms with Crippen LogP contribution in [0.3, 0.4) is 0 Å². The highest BCUT2D eigenvalue weighted by Crippen LogP contribution is 2.26. The third-order valence-corrected chi connectivity index (χ3v) is 11.2. The Morgan fingerprint density at radius 3 is 1.70 bits per heavy atom. The minimum Gasteiger partial charge on any atom is -0.480 e. The molecule has 310 valence electrons. The van der Waals surface area contributed by atoms with Gasteiger partial charge in [-0.1, -0.05) is 0 Å². The van der Waals surface area contributed by atoms with Gasteiger partial charge in [0, 0.05) is 44.8 Å². The number of hydrogen-bond donors (Lipinski definition) is 9. The Morgan fingerprint density at radius 2 is 1.18 bits per heavy atom. The van der Waals surface area contributed by atoms with E-state index in [1.54, 1.807) is 0 Å². The van der Waals surface area contributed by atoms with Crippen LogP contribution in [-0.2, 0) is 43.2 Å². The number of amides is 8. The second-order valence-electron chi connectivity index (χ2n) is 14.7. The maximum atomic E-state index is 13.8. The van der Waals surface area contributed by atoms with Crippen molar-refractivity contribution >= 4 is 65.9 Å². The fourth-order valence-corrected chi connectivity index (χ4v) is 8.33. The van der Waals surface area contributed by atoms with Crippen LogP contribution < -0.4 is 26.6 Å². The van der Waals surface area contributed by atoms with Crippen LogP contribution >= 0.6 is 12.6 Å². The first-order chi connectivity index (χ1) is 26.7. The van der Waals surface area contributed by atoms with Gasteiger partial charge in [-0.25, -0.2) is 0 Å². The molecular weight excluding hydrogens is 758 g/mol. The summed E-state index contributed by atoms with van der Waals surface area (Å²) in [7, 11) is 0. The van der Waals surface area contributed by atoms with Crippen molar-refractivity contribution in [1.82, 2.24) is 46.2 Å². The molecule has 5 aliphatic heterocycles. The topological polar surface area (TPSA) is 287 Å². The zero-order chi connectivity index (χ0) is 40.7. The van der Waals surface area contributed by atoms with Gasteiger partial charge in [-0.15, -0.1) is 0 Å². The molecule has 56 heavy (non-hydrogen) atoms. The lowest BCUT2D eigenvalue weighted by Crippen LogP contribution is -2.56. The van der Waals surface area contributed by atoms with E-state index in [4.69, 9.17) is 5.11 Å². The van der Waals surface area contributed by atoms with E-state index in [1.165, 1.54) is 19.6 Å². The number of carbonyl (C=O) groups excluding carboxylic acids is 8. The first-order valence-electron chi connectivity index (χ1n) is 19.0. The van der Waals surface area contributed by atoms with E-state index in [-0.39, 0.29) is 63.5 Å². The molecule has 5 fully saturated rings. The quantitative estimate of drug-likeness (QED) is 0.0742. The number of β-amino-alcohol motifs (C(OH)–C–C–N with tert-alkyl or cyclic N) is 2. The van der Waals surface area contributed by atoms with Crippen LogP contribution in [0, 0.1) is 0 Å². The predicted molar refractivity (Wildman–Crippen MR) is 195 cm³/mol. The minimum absolute atomic E-state index is 0.00343. The number of rotatable bonds is 14. The van der Waals surface area contributed by atoms with Gasteiger partial charge >= 0.3 is 5.97 Å². The molecular formula is C34H51N9O12S. The molecule has 0 saturated carbocycles. The second kappa shape index (κ2) is 19.1. The van der Waals surface area contributed by atoms with Crippen LogP contribution in [0.5, 0.6) is 0 Å². The van der Waals surface area contributed by atoms with Crippen LogP contribution in [0.15, 0.2) is 0 Å². The first-order valence-corrected chi connectivity index (χ1v) is 19.6. The lowest BCUT2D eigenvalue weighted by Gasteiger charge is -2.31. The average Bonchev–Trinajstić information content (AvgIpc) is 4.02. The van der Waals surface area contributed by atoms with Crippen molar-refractivity contribution < 1.29 is 58.5 Å². The Morgan fingerprint density at radius 1 is 0.643 bits per heavy atom. The Labute approximate surface area is 328 Å². The number of aliphatic hydroxyl groups is 2. The summed E-state index contributed by atoms with van der Waals surface area (Å²) >= 11 is 4.05. The van der Waals surface area contributed by atoms with E-state index >= 15 is 0 Å². The van der Waals surface area contributed by atoms with Gasteiger partial charge in [0.1, 0.15) is 36.8 Å². The summed E-state index contributed by atoms with van der Waals surface area (Å²) in [6.07, 6.45) is 0.890.